The molecule has 3 rings (SSSR count). The molecule has 1 fully saturated rings. The van der Waals surface area contributed by atoms with E-state index in [1.165, 1.54) is 61.1 Å². The van der Waals surface area contributed by atoms with Crippen LogP contribution in [-0.2, 0) is 14.8 Å². The lowest BCUT2D eigenvalue weighted by Crippen LogP contribution is -2.46. The molecule has 0 radical (unpaired) electrons. The van der Waals surface area contributed by atoms with E-state index in [0.29, 0.717) is 24.2 Å². The van der Waals surface area contributed by atoms with Gasteiger partial charge in [0.1, 0.15) is 5.82 Å². The van der Waals surface area contributed by atoms with Crippen LogP contribution in [0.15, 0.2) is 52.5 Å². The summed E-state index contributed by atoms with van der Waals surface area (Å²) >= 11 is 0. The number of sulfonamides is 1. The van der Waals surface area contributed by atoms with Crippen molar-refractivity contribution in [3.63, 3.8) is 0 Å². The minimum atomic E-state index is -4.00. The smallest absolute Gasteiger partial charge is 0.255 e. The van der Waals surface area contributed by atoms with Gasteiger partial charge in [-0.05, 0) is 42.7 Å². The van der Waals surface area contributed by atoms with E-state index < -0.39 is 21.7 Å². The zero-order chi connectivity index (χ0) is 23.8. The number of nitrogens with one attached hydrogen (secondary N) is 1. The summed E-state index contributed by atoms with van der Waals surface area (Å²) in [7, 11) is -1.11. The summed E-state index contributed by atoms with van der Waals surface area (Å²) in [6, 6.07) is 9.79. The van der Waals surface area contributed by atoms with Crippen molar-refractivity contribution in [2.45, 2.75) is 43.0 Å². The summed E-state index contributed by atoms with van der Waals surface area (Å²) in [4.78, 5) is 12.6. The predicted molar refractivity (Wildman–Crippen MR) is 122 cm³/mol. The molecule has 1 aliphatic rings. The van der Waals surface area contributed by atoms with Gasteiger partial charge in [-0.2, -0.15) is 9.41 Å². The van der Waals surface area contributed by atoms with E-state index in [-0.39, 0.29) is 23.2 Å². The van der Waals surface area contributed by atoms with E-state index in [4.69, 9.17) is 9.47 Å². The fourth-order valence-corrected chi connectivity index (χ4v) is 5.49. The fraction of sp³-hybridized carbons (Fsp3) is 0.391. The van der Waals surface area contributed by atoms with Gasteiger partial charge in [0.25, 0.3) is 5.91 Å². The number of nitrogens with zero attached hydrogens (tertiary/aromatic N) is 2. The van der Waals surface area contributed by atoms with Gasteiger partial charge in [-0.25, -0.2) is 18.2 Å². The molecule has 0 aliphatic heterocycles. The Morgan fingerprint density at radius 2 is 1.85 bits per heavy atom. The first-order chi connectivity index (χ1) is 15.8. The fourth-order valence-electron chi connectivity index (χ4n) is 3.83. The first kappa shape index (κ1) is 24.7. The molecule has 2 aromatic carbocycles. The third kappa shape index (κ3) is 6.29. The lowest BCUT2D eigenvalue weighted by Gasteiger charge is -2.32. The topological polar surface area (TPSA) is 97.3 Å². The average molecular weight is 478 g/mol. The van der Waals surface area contributed by atoms with Crippen LogP contribution >= 0.6 is 0 Å². The molecule has 1 amide bonds. The maximum absolute atomic E-state index is 13.5. The third-order valence-electron chi connectivity index (χ3n) is 5.49. The second kappa shape index (κ2) is 11.2. The van der Waals surface area contributed by atoms with Crippen LogP contribution < -0.4 is 14.9 Å². The van der Waals surface area contributed by atoms with Crippen LogP contribution in [0.1, 0.15) is 37.7 Å². The molecule has 178 valence electrons. The average Bonchev–Trinajstić information content (AvgIpc) is 2.82. The van der Waals surface area contributed by atoms with Gasteiger partial charge < -0.3 is 9.47 Å². The summed E-state index contributed by atoms with van der Waals surface area (Å²) in [6.07, 6.45) is 5.46. The van der Waals surface area contributed by atoms with Gasteiger partial charge in [-0.3, -0.25) is 4.79 Å². The van der Waals surface area contributed by atoms with Crippen LogP contribution in [0.4, 0.5) is 4.39 Å². The van der Waals surface area contributed by atoms with Crippen molar-refractivity contribution in [2.75, 3.05) is 20.8 Å². The van der Waals surface area contributed by atoms with Crippen molar-refractivity contribution < 1.29 is 27.1 Å². The van der Waals surface area contributed by atoms with Crippen LogP contribution in [-0.4, -0.2) is 51.7 Å². The van der Waals surface area contributed by atoms with Crippen LogP contribution in [0.2, 0.25) is 0 Å². The van der Waals surface area contributed by atoms with Gasteiger partial charge in [-0.15, -0.1) is 0 Å². The summed E-state index contributed by atoms with van der Waals surface area (Å²) in [6.45, 7) is -0.387. The van der Waals surface area contributed by atoms with Crippen molar-refractivity contribution in [3.05, 3.63) is 53.8 Å². The highest BCUT2D eigenvalue weighted by atomic mass is 32.2. The summed E-state index contributed by atoms with van der Waals surface area (Å²) in [5.41, 5.74) is 2.81. The summed E-state index contributed by atoms with van der Waals surface area (Å²) in [5, 5.41) is 3.84. The Morgan fingerprint density at radius 1 is 1.12 bits per heavy atom. The predicted octanol–water partition coefficient (Wildman–Crippen LogP) is 3.32. The number of hydrogen-bond acceptors (Lipinski definition) is 6. The molecular weight excluding hydrogens is 449 g/mol. The molecule has 33 heavy (non-hydrogen) atoms. The number of carbonyl (C=O) groups is 1. The number of hydrazone groups is 1. The lowest BCUT2D eigenvalue weighted by molar-refractivity contribution is -0.121. The van der Waals surface area contributed by atoms with Gasteiger partial charge in [0, 0.05) is 12.1 Å². The van der Waals surface area contributed by atoms with E-state index >= 15 is 0 Å². The molecular formula is C23H28FN3O5S. The normalized spacial score (nSPS) is 15.0. The van der Waals surface area contributed by atoms with Crippen LogP contribution in [0.5, 0.6) is 11.5 Å². The highest BCUT2D eigenvalue weighted by Gasteiger charge is 2.34. The lowest BCUT2D eigenvalue weighted by atomic mass is 9.95. The number of amides is 1. The van der Waals surface area contributed by atoms with E-state index in [9.17, 15) is 17.6 Å². The summed E-state index contributed by atoms with van der Waals surface area (Å²) < 4.78 is 52.0. The van der Waals surface area contributed by atoms with Gasteiger partial charge in [0.15, 0.2) is 11.5 Å². The molecule has 0 saturated heterocycles. The second-order valence-corrected chi connectivity index (χ2v) is 9.60. The molecule has 1 saturated carbocycles. The number of hydrogen-bond donors (Lipinski definition) is 1. The van der Waals surface area contributed by atoms with Gasteiger partial charge in [-0.1, -0.05) is 31.4 Å². The Kier molecular flexibility index (Phi) is 8.40. The van der Waals surface area contributed by atoms with Gasteiger partial charge in [0.2, 0.25) is 10.0 Å². The highest BCUT2D eigenvalue weighted by molar-refractivity contribution is 7.89. The van der Waals surface area contributed by atoms with Crippen molar-refractivity contribution >= 4 is 22.1 Å². The molecule has 1 aliphatic carbocycles. The monoisotopic (exact) mass is 477 g/mol. The Labute approximate surface area is 193 Å². The zero-order valence-corrected chi connectivity index (χ0v) is 19.5. The van der Waals surface area contributed by atoms with Crippen molar-refractivity contribution in [3.8, 4) is 11.5 Å². The Balaban J connectivity index is 1.81. The van der Waals surface area contributed by atoms with Crippen LogP contribution in [0.25, 0.3) is 0 Å². The number of rotatable bonds is 9. The number of ether oxygens (including phenoxy) is 2. The number of benzene rings is 2. The molecule has 0 atom stereocenters. The molecule has 0 aromatic heterocycles. The molecule has 2 aromatic rings. The number of methoxy groups -OCH3 is 2. The second-order valence-electron chi connectivity index (χ2n) is 7.71. The molecule has 0 spiro atoms. The van der Waals surface area contributed by atoms with E-state index in [0.717, 1.165) is 19.3 Å². The van der Waals surface area contributed by atoms with Crippen molar-refractivity contribution in [1.29, 1.82) is 0 Å². The first-order valence-corrected chi connectivity index (χ1v) is 12.1. The van der Waals surface area contributed by atoms with Crippen molar-refractivity contribution in [1.82, 2.24) is 9.73 Å². The third-order valence-corrected chi connectivity index (χ3v) is 7.39. The van der Waals surface area contributed by atoms with Gasteiger partial charge in [0.05, 0.1) is 31.9 Å². The standard InChI is InChI=1S/C23H28FN3O5S/c1-31-21-12-11-20(14-22(21)32-2)33(29,30)27(19-9-4-3-5-10-19)16-23(28)26-25-15-17-7-6-8-18(24)13-17/h6-8,11-15,19H,3-5,9-10,16H2,1-2H3,(H,26,28)/b25-15-. The first-order valence-electron chi connectivity index (χ1n) is 10.7. The largest absolute Gasteiger partial charge is 0.493 e. The van der Waals surface area contributed by atoms with E-state index in [1.54, 1.807) is 6.07 Å². The quantitative estimate of drug-likeness (QED) is 0.441. The SMILES string of the molecule is COc1ccc(S(=O)(=O)N(CC(=O)N/N=C\c2cccc(F)c2)C2CCCCC2)cc1OC. The Hall–Kier alpha value is -2.98. The molecule has 10 heteroatoms. The Morgan fingerprint density at radius 3 is 2.52 bits per heavy atom. The molecule has 0 bridgehead atoms. The maximum atomic E-state index is 13.5. The Bertz CT molecular complexity index is 1100. The minimum Gasteiger partial charge on any atom is -0.493 e. The molecule has 1 N–H and O–H groups in total. The number of carbonyl (C=O) groups excluding carboxylic acids is 1. The van der Waals surface area contributed by atoms with Crippen LogP contribution in [0.3, 0.4) is 0 Å². The zero-order valence-electron chi connectivity index (χ0n) is 18.7. The maximum Gasteiger partial charge on any atom is 0.255 e. The van der Waals surface area contributed by atoms with E-state index in [1.807, 2.05) is 0 Å². The minimum absolute atomic E-state index is 0.0155. The molecule has 0 heterocycles. The molecule has 0 unspecified atom stereocenters. The molecule has 8 nitrogen and oxygen atoms in total. The number of halogens is 1. The van der Waals surface area contributed by atoms with Crippen molar-refractivity contribution in [2.24, 2.45) is 5.10 Å². The van der Waals surface area contributed by atoms with Crippen LogP contribution in [0, 0.1) is 5.82 Å². The summed E-state index contributed by atoms with van der Waals surface area (Å²) in [5.74, 6) is -0.316. The van der Waals surface area contributed by atoms with Gasteiger partial charge >= 0.3 is 0 Å². The van der Waals surface area contributed by atoms with E-state index in [2.05, 4.69) is 10.5 Å². The highest BCUT2D eigenvalue weighted by Crippen LogP contribution is 2.33.